The standard InChI is InChI=1S/C17H32N4O/c1-2-3-4-5-10-20-11-6-8-16(13-20)14-21-15-17(18-19-21)9-7-12-22/h15-16,22H,2-14H2,1H3. The van der Waals surface area contributed by atoms with E-state index in [-0.39, 0.29) is 6.61 Å². The van der Waals surface area contributed by atoms with Crippen molar-refractivity contribution in [3.8, 4) is 0 Å². The summed E-state index contributed by atoms with van der Waals surface area (Å²) in [7, 11) is 0. The van der Waals surface area contributed by atoms with Crippen molar-refractivity contribution < 1.29 is 5.11 Å². The summed E-state index contributed by atoms with van der Waals surface area (Å²) >= 11 is 0. The lowest BCUT2D eigenvalue weighted by molar-refractivity contribution is 0.157. The summed E-state index contributed by atoms with van der Waals surface area (Å²) in [6.45, 7) is 7.21. The van der Waals surface area contributed by atoms with Gasteiger partial charge in [0.25, 0.3) is 0 Å². The molecule has 1 saturated heterocycles. The maximum absolute atomic E-state index is 8.87. The number of unbranched alkanes of at least 4 members (excludes halogenated alkanes) is 3. The molecule has 0 spiro atoms. The molecular formula is C17H32N4O. The van der Waals surface area contributed by atoms with Gasteiger partial charge < -0.3 is 10.0 Å². The zero-order valence-electron chi connectivity index (χ0n) is 14.1. The van der Waals surface area contributed by atoms with Crippen molar-refractivity contribution in [3.05, 3.63) is 11.9 Å². The molecule has 22 heavy (non-hydrogen) atoms. The number of nitrogens with zero attached hydrogens (tertiary/aromatic N) is 4. The molecule has 1 aliphatic rings. The van der Waals surface area contributed by atoms with Crippen molar-refractivity contribution in [2.45, 2.75) is 64.8 Å². The van der Waals surface area contributed by atoms with E-state index in [2.05, 4.69) is 28.3 Å². The van der Waals surface area contributed by atoms with Crippen LogP contribution in [-0.2, 0) is 13.0 Å². The second-order valence-electron chi connectivity index (χ2n) is 6.63. The first-order valence-electron chi connectivity index (χ1n) is 9.04. The van der Waals surface area contributed by atoms with E-state index in [9.17, 15) is 0 Å². The summed E-state index contributed by atoms with van der Waals surface area (Å²) < 4.78 is 2.00. The Morgan fingerprint density at radius 1 is 1.27 bits per heavy atom. The van der Waals surface area contributed by atoms with Gasteiger partial charge in [0.05, 0.1) is 5.69 Å². The SMILES string of the molecule is CCCCCCN1CCCC(Cn2cc(CCCO)nn2)C1. The number of aryl methyl sites for hydroxylation is 1. The molecule has 1 unspecified atom stereocenters. The van der Waals surface area contributed by atoms with Crippen LogP contribution in [0.5, 0.6) is 0 Å². The van der Waals surface area contributed by atoms with Crippen molar-refractivity contribution >= 4 is 0 Å². The summed E-state index contributed by atoms with van der Waals surface area (Å²) in [4.78, 5) is 2.63. The average molecular weight is 308 g/mol. The number of aliphatic hydroxyl groups excluding tert-OH is 1. The van der Waals surface area contributed by atoms with Crippen molar-refractivity contribution in [1.29, 1.82) is 0 Å². The molecule has 2 heterocycles. The number of piperidine rings is 1. The van der Waals surface area contributed by atoms with E-state index in [1.165, 1.54) is 58.2 Å². The van der Waals surface area contributed by atoms with Gasteiger partial charge in [0.2, 0.25) is 0 Å². The molecule has 0 bridgehead atoms. The highest BCUT2D eigenvalue weighted by Crippen LogP contribution is 2.19. The van der Waals surface area contributed by atoms with Gasteiger partial charge in [-0.25, -0.2) is 0 Å². The number of hydrogen-bond acceptors (Lipinski definition) is 4. The second-order valence-corrected chi connectivity index (χ2v) is 6.63. The fourth-order valence-electron chi connectivity index (χ4n) is 3.33. The second kappa shape index (κ2) is 9.95. The predicted octanol–water partition coefficient (Wildman–Crippen LogP) is 2.50. The first kappa shape index (κ1) is 17.4. The number of likely N-dealkylation sites (tertiary alicyclic amines) is 1. The Bertz CT molecular complexity index is 407. The van der Waals surface area contributed by atoms with Gasteiger partial charge in [-0.15, -0.1) is 5.10 Å². The van der Waals surface area contributed by atoms with E-state index in [1.54, 1.807) is 0 Å². The molecule has 0 aromatic carbocycles. The molecule has 1 atom stereocenters. The molecule has 1 aromatic heterocycles. The highest BCUT2D eigenvalue weighted by atomic mass is 16.2. The highest BCUT2D eigenvalue weighted by Gasteiger charge is 2.20. The van der Waals surface area contributed by atoms with Crippen LogP contribution in [0.4, 0.5) is 0 Å². The van der Waals surface area contributed by atoms with Gasteiger partial charge in [0, 0.05) is 25.9 Å². The minimum absolute atomic E-state index is 0.225. The largest absolute Gasteiger partial charge is 0.396 e. The van der Waals surface area contributed by atoms with Crippen molar-refractivity contribution in [2.75, 3.05) is 26.2 Å². The molecule has 2 rings (SSSR count). The Hall–Kier alpha value is -0.940. The van der Waals surface area contributed by atoms with E-state index >= 15 is 0 Å². The monoisotopic (exact) mass is 308 g/mol. The molecule has 0 saturated carbocycles. The number of rotatable bonds is 10. The van der Waals surface area contributed by atoms with Crippen LogP contribution in [0, 0.1) is 5.92 Å². The molecule has 126 valence electrons. The third kappa shape index (κ3) is 6.05. The number of hydrogen-bond donors (Lipinski definition) is 1. The Morgan fingerprint density at radius 3 is 3.00 bits per heavy atom. The Kier molecular flexibility index (Phi) is 7.88. The van der Waals surface area contributed by atoms with Crippen LogP contribution in [0.25, 0.3) is 0 Å². The number of aliphatic hydroxyl groups is 1. The summed E-state index contributed by atoms with van der Waals surface area (Å²) in [5.74, 6) is 0.701. The first-order chi connectivity index (χ1) is 10.8. The molecule has 5 nitrogen and oxygen atoms in total. The molecule has 1 aromatic rings. The molecule has 0 radical (unpaired) electrons. The minimum Gasteiger partial charge on any atom is -0.396 e. The maximum atomic E-state index is 8.87. The van der Waals surface area contributed by atoms with Crippen molar-refractivity contribution in [3.63, 3.8) is 0 Å². The van der Waals surface area contributed by atoms with Crippen LogP contribution in [-0.4, -0.2) is 51.2 Å². The van der Waals surface area contributed by atoms with E-state index < -0.39 is 0 Å². The third-order valence-electron chi connectivity index (χ3n) is 4.55. The molecule has 1 aliphatic heterocycles. The van der Waals surface area contributed by atoms with E-state index in [1.807, 2.05) is 4.68 Å². The summed E-state index contributed by atoms with van der Waals surface area (Å²) in [6.07, 6.45) is 11.7. The average Bonchev–Trinajstić information content (AvgIpc) is 2.97. The van der Waals surface area contributed by atoms with Crippen LogP contribution in [0.3, 0.4) is 0 Å². The lowest BCUT2D eigenvalue weighted by Crippen LogP contribution is -2.37. The lowest BCUT2D eigenvalue weighted by atomic mass is 9.97. The van der Waals surface area contributed by atoms with Crippen LogP contribution in [0.15, 0.2) is 6.20 Å². The minimum atomic E-state index is 0.225. The van der Waals surface area contributed by atoms with Gasteiger partial charge in [-0.1, -0.05) is 31.4 Å². The highest BCUT2D eigenvalue weighted by molar-refractivity contribution is 4.92. The molecule has 5 heteroatoms. The van der Waals surface area contributed by atoms with E-state index in [0.717, 1.165) is 25.1 Å². The topological polar surface area (TPSA) is 54.2 Å². The van der Waals surface area contributed by atoms with E-state index in [4.69, 9.17) is 5.11 Å². The molecule has 1 fully saturated rings. The van der Waals surface area contributed by atoms with Gasteiger partial charge in [-0.2, -0.15) is 0 Å². The molecule has 0 aliphatic carbocycles. The third-order valence-corrected chi connectivity index (χ3v) is 4.55. The molecule has 0 amide bonds. The summed E-state index contributed by atoms with van der Waals surface area (Å²) in [6, 6.07) is 0. The zero-order valence-corrected chi connectivity index (χ0v) is 14.1. The predicted molar refractivity (Wildman–Crippen MR) is 88.7 cm³/mol. The van der Waals surface area contributed by atoms with E-state index in [0.29, 0.717) is 5.92 Å². The van der Waals surface area contributed by atoms with Crippen LogP contribution >= 0.6 is 0 Å². The maximum Gasteiger partial charge on any atom is 0.0828 e. The van der Waals surface area contributed by atoms with Gasteiger partial charge >= 0.3 is 0 Å². The fraction of sp³-hybridized carbons (Fsp3) is 0.882. The van der Waals surface area contributed by atoms with Crippen LogP contribution in [0.2, 0.25) is 0 Å². The quantitative estimate of drug-likeness (QED) is 0.675. The van der Waals surface area contributed by atoms with Gasteiger partial charge in [0.15, 0.2) is 0 Å². The van der Waals surface area contributed by atoms with Gasteiger partial charge in [-0.3, -0.25) is 4.68 Å². The van der Waals surface area contributed by atoms with Crippen LogP contribution < -0.4 is 0 Å². The fourth-order valence-corrected chi connectivity index (χ4v) is 3.33. The van der Waals surface area contributed by atoms with Crippen LogP contribution in [0.1, 0.15) is 57.6 Å². The molecular weight excluding hydrogens is 276 g/mol. The summed E-state index contributed by atoms with van der Waals surface area (Å²) in [5.41, 5.74) is 1.00. The lowest BCUT2D eigenvalue weighted by Gasteiger charge is -2.32. The first-order valence-corrected chi connectivity index (χ1v) is 9.04. The van der Waals surface area contributed by atoms with Crippen molar-refractivity contribution in [2.24, 2.45) is 5.92 Å². The Morgan fingerprint density at radius 2 is 2.18 bits per heavy atom. The normalized spacial score (nSPS) is 19.6. The van der Waals surface area contributed by atoms with Crippen molar-refractivity contribution in [1.82, 2.24) is 19.9 Å². The molecule has 1 N–H and O–H groups in total. The Labute approximate surface area is 134 Å². The Balaban J connectivity index is 1.71. The number of aromatic nitrogens is 3. The smallest absolute Gasteiger partial charge is 0.0828 e. The van der Waals surface area contributed by atoms with Gasteiger partial charge in [0.1, 0.15) is 0 Å². The van der Waals surface area contributed by atoms with Gasteiger partial charge in [-0.05, 0) is 51.1 Å². The summed E-state index contributed by atoms with van der Waals surface area (Å²) in [5, 5.41) is 17.3. The zero-order chi connectivity index (χ0) is 15.6.